The summed E-state index contributed by atoms with van der Waals surface area (Å²) < 4.78 is 0.798. The Hall–Kier alpha value is -0.520. The number of aliphatic hydroxyl groups is 1. The predicted octanol–water partition coefficient (Wildman–Crippen LogP) is 0.231. The minimum atomic E-state index is -0.483. The van der Waals surface area contributed by atoms with E-state index in [0.717, 1.165) is 4.47 Å². The van der Waals surface area contributed by atoms with Crippen LogP contribution in [0.15, 0.2) is 16.9 Å². The Labute approximate surface area is 72.6 Å². The van der Waals surface area contributed by atoms with Gasteiger partial charge in [0.25, 0.3) is 0 Å². The van der Waals surface area contributed by atoms with E-state index >= 15 is 0 Å². The number of aromatic nitrogens is 2. The van der Waals surface area contributed by atoms with Crippen molar-refractivity contribution < 1.29 is 5.11 Å². The van der Waals surface area contributed by atoms with Crippen molar-refractivity contribution >= 4 is 15.9 Å². The SMILES string of the molecule is N[C@@H](CO)c1ncc(Br)cn1. The number of aliphatic hydroxyl groups excluding tert-OH is 1. The molecule has 0 aliphatic carbocycles. The van der Waals surface area contributed by atoms with E-state index < -0.39 is 6.04 Å². The molecular weight excluding hydrogens is 210 g/mol. The minimum absolute atomic E-state index is 0.137. The standard InChI is InChI=1S/C6H8BrN3O/c7-4-1-9-6(10-2-4)5(8)3-11/h1-2,5,11H,3,8H2/t5-/m0/s1. The maximum absolute atomic E-state index is 8.64. The lowest BCUT2D eigenvalue weighted by atomic mass is 10.3. The van der Waals surface area contributed by atoms with Gasteiger partial charge >= 0.3 is 0 Å². The van der Waals surface area contributed by atoms with Gasteiger partial charge in [-0.25, -0.2) is 9.97 Å². The number of nitrogens with zero attached hydrogens (tertiary/aromatic N) is 2. The van der Waals surface area contributed by atoms with Gasteiger partial charge in [0.05, 0.1) is 17.1 Å². The van der Waals surface area contributed by atoms with Crippen LogP contribution in [0, 0.1) is 0 Å². The molecule has 1 aromatic heterocycles. The summed E-state index contributed by atoms with van der Waals surface area (Å²) in [5.74, 6) is 0.454. The van der Waals surface area contributed by atoms with Gasteiger partial charge in [0.15, 0.2) is 0 Å². The lowest BCUT2D eigenvalue weighted by Crippen LogP contribution is -2.17. The van der Waals surface area contributed by atoms with E-state index in [9.17, 15) is 0 Å². The molecule has 0 bridgehead atoms. The molecule has 1 rings (SSSR count). The Morgan fingerprint density at radius 2 is 2.09 bits per heavy atom. The molecule has 0 unspecified atom stereocenters. The first-order valence-corrected chi connectivity index (χ1v) is 3.87. The summed E-state index contributed by atoms with van der Waals surface area (Å²) in [7, 11) is 0. The highest BCUT2D eigenvalue weighted by molar-refractivity contribution is 9.10. The van der Waals surface area contributed by atoms with Crippen LogP contribution in [0.4, 0.5) is 0 Å². The third-order valence-corrected chi connectivity index (χ3v) is 1.58. The molecular formula is C6H8BrN3O. The summed E-state index contributed by atoms with van der Waals surface area (Å²) in [6, 6.07) is -0.483. The van der Waals surface area contributed by atoms with Crippen LogP contribution in [-0.4, -0.2) is 21.7 Å². The minimum Gasteiger partial charge on any atom is -0.394 e. The lowest BCUT2D eigenvalue weighted by Gasteiger charge is -2.04. The van der Waals surface area contributed by atoms with Crippen molar-refractivity contribution in [3.05, 3.63) is 22.7 Å². The van der Waals surface area contributed by atoms with Crippen LogP contribution in [0.2, 0.25) is 0 Å². The van der Waals surface area contributed by atoms with Crippen LogP contribution >= 0.6 is 15.9 Å². The second-order valence-corrected chi connectivity index (χ2v) is 2.96. The molecule has 0 saturated heterocycles. The highest BCUT2D eigenvalue weighted by Crippen LogP contribution is 2.07. The predicted molar refractivity (Wildman–Crippen MR) is 43.7 cm³/mol. The number of hydrogen-bond donors (Lipinski definition) is 2. The molecule has 0 spiro atoms. The van der Waals surface area contributed by atoms with Crippen molar-refractivity contribution in [2.24, 2.45) is 5.73 Å². The number of nitrogens with two attached hydrogens (primary N) is 1. The van der Waals surface area contributed by atoms with Crippen molar-refractivity contribution in [1.82, 2.24) is 9.97 Å². The number of rotatable bonds is 2. The molecule has 0 aliphatic heterocycles. The molecule has 4 nitrogen and oxygen atoms in total. The summed E-state index contributed by atoms with van der Waals surface area (Å²) in [4.78, 5) is 7.81. The van der Waals surface area contributed by atoms with Crippen molar-refractivity contribution in [3.8, 4) is 0 Å². The smallest absolute Gasteiger partial charge is 0.147 e. The fraction of sp³-hybridized carbons (Fsp3) is 0.333. The normalized spacial score (nSPS) is 13.0. The number of halogens is 1. The summed E-state index contributed by atoms with van der Waals surface area (Å²) in [6.45, 7) is -0.137. The zero-order valence-electron chi connectivity index (χ0n) is 5.74. The maximum atomic E-state index is 8.64. The average Bonchev–Trinajstić information content (AvgIpc) is 2.05. The molecule has 0 amide bonds. The van der Waals surface area contributed by atoms with E-state index in [0.29, 0.717) is 5.82 Å². The van der Waals surface area contributed by atoms with Gasteiger partial charge in [-0.1, -0.05) is 0 Å². The Kier molecular flexibility index (Phi) is 2.92. The third-order valence-electron chi connectivity index (χ3n) is 1.17. The third kappa shape index (κ3) is 2.21. The van der Waals surface area contributed by atoms with Gasteiger partial charge in [0, 0.05) is 12.4 Å². The van der Waals surface area contributed by atoms with Crippen LogP contribution in [0.5, 0.6) is 0 Å². The van der Waals surface area contributed by atoms with E-state index in [1.165, 1.54) is 0 Å². The zero-order valence-corrected chi connectivity index (χ0v) is 7.32. The fourth-order valence-electron chi connectivity index (χ4n) is 0.595. The van der Waals surface area contributed by atoms with Gasteiger partial charge in [0.2, 0.25) is 0 Å². The van der Waals surface area contributed by atoms with Crippen LogP contribution in [0.3, 0.4) is 0 Å². The van der Waals surface area contributed by atoms with Crippen LogP contribution in [0.1, 0.15) is 11.9 Å². The maximum Gasteiger partial charge on any atom is 0.147 e. The molecule has 1 aromatic rings. The van der Waals surface area contributed by atoms with E-state index in [1.54, 1.807) is 12.4 Å². The van der Waals surface area contributed by atoms with Crippen LogP contribution in [-0.2, 0) is 0 Å². The van der Waals surface area contributed by atoms with Gasteiger partial charge in [-0.3, -0.25) is 0 Å². The first kappa shape index (κ1) is 8.58. The molecule has 60 valence electrons. The first-order valence-electron chi connectivity index (χ1n) is 3.08. The summed E-state index contributed by atoms with van der Waals surface area (Å²) >= 11 is 3.19. The Balaban J connectivity index is 2.81. The van der Waals surface area contributed by atoms with E-state index in [2.05, 4.69) is 25.9 Å². The molecule has 0 fully saturated rings. The Bertz CT molecular complexity index is 226. The molecule has 3 N–H and O–H groups in total. The second-order valence-electron chi connectivity index (χ2n) is 2.05. The molecule has 1 heterocycles. The summed E-state index contributed by atoms with van der Waals surface area (Å²) in [6.07, 6.45) is 3.19. The van der Waals surface area contributed by atoms with E-state index in [1.807, 2.05) is 0 Å². The largest absolute Gasteiger partial charge is 0.394 e. The quantitative estimate of drug-likeness (QED) is 0.745. The van der Waals surface area contributed by atoms with Gasteiger partial charge < -0.3 is 10.8 Å². The average molecular weight is 218 g/mol. The van der Waals surface area contributed by atoms with Gasteiger partial charge in [-0.15, -0.1) is 0 Å². The summed E-state index contributed by atoms with van der Waals surface area (Å²) in [5, 5.41) is 8.64. The van der Waals surface area contributed by atoms with Crippen molar-refractivity contribution in [2.75, 3.05) is 6.61 Å². The fourth-order valence-corrected chi connectivity index (χ4v) is 0.800. The van der Waals surface area contributed by atoms with Crippen LogP contribution < -0.4 is 5.73 Å². The molecule has 5 heteroatoms. The molecule has 11 heavy (non-hydrogen) atoms. The summed E-state index contributed by atoms with van der Waals surface area (Å²) in [5.41, 5.74) is 5.45. The zero-order chi connectivity index (χ0) is 8.27. The molecule has 0 radical (unpaired) electrons. The highest BCUT2D eigenvalue weighted by atomic mass is 79.9. The van der Waals surface area contributed by atoms with Crippen molar-refractivity contribution in [3.63, 3.8) is 0 Å². The van der Waals surface area contributed by atoms with E-state index in [-0.39, 0.29) is 6.61 Å². The lowest BCUT2D eigenvalue weighted by molar-refractivity contribution is 0.263. The van der Waals surface area contributed by atoms with Gasteiger partial charge in [-0.2, -0.15) is 0 Å². The Morgan fingerprint density at radius 1 is 1.55 bits per heavy atom. The monoisotopic (exact) mass is 217 g/mol. The first-order chi connectivity index (χ1) is 5.24. The molecule has 0 saturated carbocycles. The molecule has 1 atom stereocenters. The van der Waals surface area contributed by atoms with Gasteiger partial charge in [0.1, 0.15) is 5.82 Å². The number of hydrogen-bond acceptors (Lipinski definition) is 4. The van der Waals surface area contributed by atoms with E-state index in [4.69, 9.17) is 10.8 Å². The van der Waals surface area contributed by atoms with Crippen molar-refractivity contribution in [1.29, 1.82) is 0 Å². The highest BCUT2D eigenvalue weighted by Gasteiger charge is 2.05. The topological polar surface area (TPSA) is 72.0 Å². The molecule has 0 aliphatic rings. The van der Waals surface area contributed by atoms with Gasteiger partial charge in [-0.05, 0) is 15.9 Å². The van der Waals surface area contributed by atoms with Crippen LogP contribution in [0.25, 0.3) is 0 Å². The molecule has 0 aromatic carbocycles. The second kappa shape index (κ2) is 3.75. The van der Waals surface area contributed by atoms with Crippen molar-refractivity contribution in [2.45, 2.75) is 6.04 Å². The Morgan fingerprint density at radius 3 is 2.55 bits per heavy atom.